The number of halogens is 1. The molecule has 4 nitrogen and oxygen atoms in total. The molecule has 2 aromatic rings. The van der Waals surface area contributed by atoms with E-state index in [-0.39, 0.29) is 12.4 Å². The van der Waals surface area contributed by atoms with Crippen molar-refractivity contribution in [1.29, 1.82) is 0 Å². The zero-order valence-electron chi connectivity index (χ0n) is 11.8. The second-order valence-electron chi connectivity index (χ2n) is 5.55. The Labute approximate surface area is 123 Å². The van der Waals surface area contributed by atoms with Gasteiger partial charge in [-0.2, -0.15) is 0 Å². The molecule has 1 atom stereocenters. The molecule has 1 fully saturated rings. The Morgan fingerprint density at radius 2 is 2.14 bits per heavy atom. The fourth-order valence-electron chi connectivity index (χ4n) is 2.77. The highest BCUT2D eigenvalue weighted by Crippen LogP contribution is 2.23. The van der Waals surface area contributed by atoms with Crippen molar-refractivity contribution in [3.8, 4) is 11.3 Å². The van der Waals surface area contributed by atoms with Crippen LogP contribution in [0.1, 0.15) is 18.7 Å². The third kappa shape index (κ3) is 3.49. The molecule has 1 aliphatic rings. The van der Waals surface area contributed by atoms with Crippen LogP contribution in [0.2, 0.25) is 0 Å². The number of aliphatic hydroxyl groups is 1. The predicted octanol–water partition coefficient (Wildman–Crippen LogP) is 2.69. The molecule has 1 aromatic carbocycles. The van der Waals surface area contributed by atoms with Gasteiger partial charge in [0.05, 0.1) is 12.7 Å². The van der Waals surface area contributed by atoms with Gasteiger partial charge < -0.3 is 9.52 Å². The zero-order valence-corrected chi connectivity index (χ0v) is 11.8. The van der Waals surface area contributed by atoms with Crippen LogP contribution in [-0.2, 0) is 6.54 Å². The van der Waals surface area contributed by atoms with Crippen LogP contribution in [0.15, 0.2) is 34.9 Å². The number of aliphatic hydroxyl groups excluding tert-OH is 1. The van der Waals surface area contributed by atoms with Crippen LogP contribution in [0.25, 0.3) is 11.3 Å². The van der Waals surface area contributed by atoms with Gasteiger partial charge in [0.2, 0.25) is 5.89 Å². The zero-order chi connectivity index (χ0) is 14.7. The molecule has 1 saturated heterocycles. The van der Waals surface area contributed by atoms with Gasteiger partial charge in [-0.1, -0.05) is 0 Å². The minimum absolute atomic E-state index is 0.239. The molecule has 0 aliphatic carbocycles. The lowest BCUT2D eigenvalue weighted by Crippen LogP contribution is -2.36. The van der Waals surface area contributed by atoms with Crippen molar-refractivity contribution in [3.05, 3.63) is 42.2 Å². The number of nitrogens with zero attached hydrogens (tertiary/aromatic N) is 2. The van der Waals surface area contributed by atoms with E-state index in [0.29, 0.717) is 24.1 Å². The summed E-state index contributed by atoms with van der Waals surface area (Å²) >= 11 is 0. The van der Waals surface area contributed by atoms with Gasteiger partial charge in [0.15, 0.2) is 5.76 Å². The van der Waals surface area contributed by atoms with Crippen LogP contribution in [0.5, 0.6) is 0 Å². The summed E-state index contributed by atoms with van der Waals surface area (Å²) in [6.45, 7) is 2.77. The molecular weight excluding hydrogens is 271 g/mol. The Kier molecular flexibility index (Phi) is 4.31. The third-order valence-corrected chi connectivity index (χ3v) is 3.90. The molecule has 1 N–H and O–H groups in total. The maximum Gasteiger partial charge on any atom is 0.209 e. The summed E-state index contributed by atoms with van der Waals surface area (Å²) in [7, 11) is 0. The van der Waals surface area contributed by atoms with Gasteiger partial charge in [-0.25, -0.2) is 9.37 Å². The fourth-order valence-corrected chi connectivity index (χ4v) is 2.77. The molecule has 0 bridgehead atoms. The summed E-state index contributed by atoms with van der Waals surface area (Å²) in [6, 6.07) is 6.19. The van der Waals surface area contributed by atoms with Crippen molar-refractivity contribution >= 4 is 0 Å². The molecule has 0 saturated carbocycles. The number of aromatic nitrogens is 1. The first kappa shape index (κ1) is 14.2. The molecular formula is C16H19FN2O2. The summed E-state index contributed by atoms with van der Waals surface area (Å²) in [6.07, 6.45) is 3.85. The molecule has 1 aromatic heterocycles. The normalized spacial score (nSPS) is 19.8. The Morgan fingerprint density at radius 3 is 2.90 bits per heavy atom. The van der Waals surface area contributed by atoms with Crippen LogP contribution in [0, 0.1) is 11.7 Å². The Hall–Kier alpha value is -1.72. The van der Waals surface area contributed by atoms with E-state index in [4.69, 9.17) is 4.42 Å². The molecule has 5 heteroatoms. The molecule has 21 heavy (non-hydrogen) atoms. The number of rotatable bonds is 4. The first-order chi connectivity index (χ1) is 10.2. The lowest BCUT2D eigenvalue weighted by Gasteiger charge is -2.30. The predicted molar refractivity (Wildman–Crippen MR) is 77.0 cm³/mol. The van der Waals surface area contributed by atoms with Crippen molar-refractivity contribution in [2.45, 2.75) is 19.4 Å². The Bertz CT molecular complexity index is 582. The average Bonchev–Trinajstić information content (AvgIpc) is 2.96. The fraction of sp³-hybridized carbons (Fsp3) is 0.438. The van der Waals surface area contributed by atoms with Crippen molar-refractivity contribution in [3.63, 3.8) is 0 Å². The molecule has 2 heterocycles. The van der Waals surface area contributed by atoms with Crippen molar-refractivity contribution in [2.75, 3.05) is 19.7 Å². The first-order valence-electron chi connectivity index (χ1n) is 7.28. The summed E-state index contributed by atoms with van der Waals surface area (Å²) in [4.78, 5) is 6.55. The molecule has 1 aliphatic heterocycles. The summed E-state index contributed by atoms with van der Waals surface area (Å²) in [5.41, 5.74) is 0.821. The summed E-state index contributed by atoms with van der Waals surface area (Å²) in [5.74, 6) is 1.40. The summed E-state index contributed by atoms with van der Waals surface area (Å²) < 4.78 is 18.7. The minimum Gasteiger partial charge on any atom is -0.439 e. The van der Waals surface area contributed by atoms with Gasteiger partial charge in [0.1, 0.15) is 5.82 Å². The number of hydrogen-bond acceptors (Lipinski definition) is 4. The quantitative estimate of drug-likeness (QED) is 0.940. The third-order valence-electron chi connectivity index (χ3n) is 3.90. The highest BCUT2D eigenvalue weighted by Gasteiger charge is 2.20. The van der Waals surface area contributed by atoms with Gasteiger partial charge in [-0.3, -0.25) is 4.90 Å². The SMILES string of the molecule is OCC1CCCN(Cc2ncc(-c3ccc(F)cc3)o2)C1. The molecule has 0 amide bonds. The highest BCUT2D eigenvalue weighted by atomic mass is 19.1. The highest BCUT2D eigenvalue weighted by molar-refractivity contribution is 5.55. The first-order valence-corrected chi connectivity index (χ1v) is 7.28. The van der Waals surface area contributed by atoms with E-state index in [1.165, 1.54) is 12.1 Å². The maximum absolute atomic E-state index is 12.9. The number of benzene rings is 1. The largest absolute Gasteiger partial charge is 0.439 e. The van der Waals surface area contributed by atoms with E-state index < -0.39 is 0 Å². The smallest absolute Gasteiger partial charge is 0.209 e. The van der Waals surface area contributed by atoms with Crippen LogP contribution in [0.3, 0.4) is 0 Å². The molecule has 1 unspecified atom stereocenters. The van der Waals surface area contributed by atoms with Gasteiger partial charge in [-0.05, 0) is 49.6 Å². The van der Waals surface area contributed by atoms with E-state index in [1.807, 2.05) is 0 Å². The molecule has 0 radical (unpaired) electrons. The minimum atomic E-state index is -0.262. The van der Waals surface area contributed by atoms with Crippen LogP contribution in [-0.4, -0.2) is 34.7 Å². The summed E-state index contributed by atoms with van der Waals surface area (Å²) in [5, 5.41) is 9.25. The molecule has 112 valence electrons. The van der Waals surface area contributed by atoms with Crippen LogP contribution in [0.4, 0.5) is 4.39 Å². The van der Waals surface area contributed by atoms with E-state index in [0.717, 1.165) is 31.5 Å². The number of hydrogen-bond donors (Lipinski definition) is 1. The monoisotopic (exact) mass is 290 g/mol. The van der Waals surface area contributed by atoms with Gasteiger partial charge in [0.25, 0.3) is 0 Å². The second kappa shape index (κ2) is 6.37. The molecule has 0 spiro atoms. The van der Waals surface area contributed by atoms with Gasteiger partial charge in [0, 0.05) is 18.7 Å². The number of piperidine rings is 1. The van der Waals surface area contributed by atoms with E-state index in [1.54, 1.807) is 18.3 Å². The van der Waals surface area contributed by atoms with E-state index >= 15 is 0 Å². The Balaban J connectivity index is 1.66. The van der Waals surface area contributed by atoms with Crippen LogP contribution < -0.4 is 0 Å². The molecule has 3 rings (SSSR count). The second-order valence-corrected chi connectivity index (χ2v) is 5.55. The van der Waals surface area contributed by atoms with E-state index in [9.17, 15) is 9.50 Å². The van der Waals surface area contributed by atoms with Gasteiger partial charge >= 0.3 is 0 Å². The van der Waals surface area contributed by atoms with Gasteiger partial charge in [-0.15, -0.1) is 0 Å². The van der Waals surface area contributed by atoms with E-state index in [2.05, 4.69) is 9.88 Å². The standard InChI is InChI=1S/C16H19FN2O2/c17-14-5-3-13(4-6-14)15-8-18-16(21-15)10-19-7-1-2-12(9-19)11-20/h3-6,8,12,20H,1-2,7,9-11H2. The average molecular weight is 290 g/mol. The van der Waals surface area contributed by atoms with Crippen molar-refractivity contribution in [2.24, 2.45) is 5.92 Å². The van der Waals surface area contributed by atoms with Crippen molar-refractivity contribution < 1.29 is 13.9 Å². The number of oxazole rings is 1. The van der Waals surface area contributed by atoms with Crippen molar-refractivity contribution in [1.82, 2.24) is 9.88 Å². The topological polar surface area (TPSA) is 49.5 Å². The Morgan fingerprint density at radius 1 is 1.33 bits per heavy atom. The lowest BCUT2D eigenvalue weighted by molar-refractivity contribution is 0.109. The number of likely N-dealkylation sites (tertiary alicyclic amines) is 1. The van der Waals surface area contributed by atoms with Crippen LogP contribution >= 0.6 is 0 Å². The maximum atomic E-state index is 12.9. The lowest BCUT2D eigenvalue weighted by atomic mass is 9.99.